The van der Waals surface area contributed by atoms with Crippen LogP contribution in [0.15, 0.2) is 52.1 Å². The van der Waals surface area contributed by atoms with Gasteiger partial charge in [-0.25, -0.2) is 8.42 Å². The monoisotopic (exact) mass is 468 g/mol. The molecule has 0 spiro atoms. The molecule has 4 aromatic rings. The number of nitrogens with one attached hydrogen (secondary N) is 1. The molecule has 0 aliphatic carbocycles. The molecule has 2 aromatic heterocycles. The standard InChI is InChI=1S/C23H24N4O5S/c1-3-15-7-8-20(18(12-15)30-2)33(28,29)26-23-21-19(32-25-23)13-16(14-27-10-5-9-24-27)17-6-4-11-31-22(17)21/h5,7-10,12-13H,3-4,6,11,14H2,1-2H3,(H,25,26). The van der Waals surface area contributed by atoms with Crippen LogP contribution < -0.4 is 14.2 Å². The summed E-state index contributed by atoms with van der Waals surface area (Å²) >= 11 is 0. The summed E-state index contributed by atoms with van der Waals surface area (Å²) in [6.07, 6.45) is 6.06. The fourth-order valence-corrected chi connectivity index (χ4v) is 5.29. The molecule has 1 aliphatic heterocycles. The summed E-state index contributed by atoms with van der Waals surface area (Å²) in [4.78, 5) is 0.0310. The first kappa shape index (κ1) is 21.3. The summed E-state index contributed by atoms with van der Waals surface area (Å²) in [5, 5.41) is 8.83. The number of benzene rings is 2. The molecule has 0 saturated carbocycles. The van der Waals surface area contributed by atoms with E-state index in [1.54, 1.807) is 18.3 Å². The van der Waals surface area contributed by atoms with Crippen molar-refractivity contribution in [3.05, 3.63) is 59.4 Å². The Morgan fingerprint density at radius 2 is 2.15 bits per heavy atom. The Labute approximate surface area is 191 Å². The molecule has 5 rings (SSSR count). The van der Waals surface area contributed by atoms with Crippen molar-refractivity contribution in [1.82, 2.24) is 14.9 Å². The first-order valence-electron chi connectivity index (χ1n) is 10.7. The number of methoxy groups -OCH3 is 1. The fraction of sp³-hybridized carbons (Fsp3) is 0.304. The Balaban J connectivity index is 1.57. The van der Waals surface area contributed by atoms with E-state index in [1.807, 2.05) is 29.9 Å². The molecule has 0 bridgehead atoms. The zero-order chi connectivity index (χ0) is 23.0. The summed E-state index contributed by atoms with van der Waals surface area (Å²) < 4.78 is 47.8. The molecule has 0 unspecified atom stereocenters. The number of ether oxygens (including phenoxy) is 2. The van der Waals surface area contributed by atoms with E-state index in [0.717, 1.165) is 36.0 Å². The Bertz CT molecular complexity index is 1410. The highest BCUT2D eigenvalue weighted by atomic mass is 32.2. The zero-order valence-electron chi connectivity index (χ0n) is 18.4. The van der Waals surface area contributed by atoms with Crippen LogP contribution in [0.3, 0.4) is 0 Å². The van der Waals surface area contributed by atoms with Gasteiger partial charge in [0.15, 0.2) is 11.4 Å². The topological polar surface area (TPSA) is 108 Å². The molecule has 33 heavy (non-hydrogen) atoms. The van der Waals surface area contributed by atoms with Gasteiger partial charge < -0.3 is 14.0 Å². The molecule has 9 nitrogen and oxygen atoms in total. The molecule has 172 valence electrons. The maximum absolute atomic E-state index is 13.2. The van der Waals surface area contributed by atoms with Crippen LogP contribution in [0, 0.1) is 0 Å². The largest absolute Gasteiger partial charge is 0.495 e. The molecule has 1 aliphatic rings. The molecule has 3 heterocycles. The molecule has 0 saturated heterocycles. The lowest BCUT2D eigenvalue weighted by Crippen LogP contribution is -2.16. The maximum atomic E-state index is 13.2. The minimum atomic E-state index is -3.99. The summed E-state index contributed by atoms with van der Waals surface area (Å²) in [6.45, 7) is 3.08. The number of sulfonamides is 1. The van der Waals surface area contributed by atoms with Crippen LogP contribution in [-0.4, -0.2) is 37.1 Å². The average molecular weight is 469 g/mol. The molecular formula is C23H24N4O5S. The third-order valence-corrected chi connectivity index (χ3v) is 7.16. The van der Waals surface area contributed by atoms with Crippen molar-refractivity contribution >= 4 is 26.8 Å². The Hall–Kier alpha value is -3.53. The molecular weight excluding hydrogens is 444 g/mol. The molecule has 10 heteroatoms. The zero-order valence-corrected chi connectivity index (χ0v) is 19.2. The van der Waals surface area contributed by atoms with Crippen molar-refractivity contribution in [2.24, 2.45) is 0 Å². The Morgan fingerprint density at radius 1 is 1.27 bits per heavy atom. The van der Waals surface area contributed by atoms with Crippen molar-refractivity contribution < 1.29 is 22.4 Å². The van der Waals surface area contributed by atoms with E-state index < -0.39 is 10.0 Å². The second-order valence-electron chi connectivity index (χ2n) is 7.85. The van der Waals surface area contributed by atoms with E-state index in [0.29, 0.717) is 29.9 Å². The van der Waals surface area contributed by atoms with Gasteiger partial charge in [0.25, 0.3) is 10.0 Å². The number of aryl methyl sites for hydroxylation is 1. The lowest BCUT2D eigenvalue weighted by atomic mass is 9.97. The van der Waals surface area contributed by atoms with E-state index in [9.17, 15) is 8.42 Å². The van der Waals surface area contributed by atoms with Gasteiger partial charge in [0, 0.05) is 18.0 Å². The predicted molar refractivity (Wildman–Crippen MR) is 122 cm³/mol. The van der Waals surface area contributed by atoms with Gasteiger partial charge in [0.2, 0.25) is 0 Å². The van der Waals surface area contributed by atoms with E-state index in [4.69, 9.17) is 14.0 Å². The summed E-state index contributed by atoms with van der Waals surface area (Å²) in [6, 6.07) is 8.78. The first-order valence-corrected chi connectivity index (χ1v) is 12.2. The van der Waals surface area contributed by atoms with Gasteiger partial charge in [-0.1, -0.05) is 18.1 Å². The van der Waals surface area contributed by atoms with Gasteiger partial charge in [0.05, 0.1) is 20.3 Å². The third kappa shape index (κ3) is 3.91. The highest BCUT2D eigenvalue weighted by molar-refractivity contribution is 7.92. The van der Waals surface area contributed by atoms with Crippen molar-refractivity contribution in [3.8, 4) is 11.5 Å². The van der Waals surface area contributed by atoms with Crippen molar-refractivity contribution in [2.45, 2.75) is 37.6 Å². The number of rotatable bonds is 7. The average Bonchev–Trinajstić information content (AvgIpc) is 3.48. The maximum Gasteiger partial charge on any atom is 0.266 e. The van der Waals surface area contributed by atoms with E-state index in [-0.39, 0.29) is 16.5 Å². The molecule has 0 amide bonds. The van der Waals surface area contributed by atoms with Crippen LogP contribution in [0.25, 0.3) is 11.0 Å². The summed E-state index contributed by atoms with van der Waals surface area (Å²) in [5.41, 5.74) is 3.44. The van der Waals surface area contributed by atoms with Gasteiger partial charge >= 0.3 is 0 Å². The van der Waals surface area contributed by atoms with Crippen LogP contribution in [-0.2, 0) is 29.4 Å². The van der Waals surface area contributed by atoms with Crippen molar-refractivity contribution in [1.29, 1.82) is 0 Å². The van der Waals surface area contributed by atoms with E-state index in [1.165, 1.54) is 13.2 Å². The predicted octanol–water partition coefficient (Wildman–Crippen LogP) is 3.77. The molecule has 2 aromatic carbocycles. The molecule has 0 fully saturated rings. The lowest BCUT2D eigenvalue weighted by Gasteiger charge is -2.21. The Morgan fingerprint density at radius 3 is 2.91 bits per heavy atom. The second kappa shape index (κ2) is 8.43. The normalized spacial score (nSPS) is 13.5. The number of hydrogen-bond donors (Lipinski definition) is 1. The molecule has 0 radical (unpaired) electrons. The third-order valence-electron chi connectivity index (χ3n) is 5.78. The smallest absolute Gasteiger partial charge is 0.266 e. The Kier molecular flexibility index (Phi) is 5.45. The van der Waals surface area contributed by atoms with Gasteiger partial charge in [-0.3, -0.25) is 9.40 Å². The number of fused-ring (bicyclic) bond motifs is 3. The number of anilines is 1. The summed E-state index contributed by atoms with van der Waals surface area (Å²) in [7, 11) is -2.54. The SMILES string of the molecule is CCc1ccc(S(=O)(=O)Nc2noc3cc(Cn4cccn4)c4c(c23)OCCC4)c(OC)c1. The van der Waals surface area contributed by atoms with Crippen molar-refractivity contribution in [3.63, 3.8) is 0 Å². The van der Waals surface area contributed by atoms with Gasteiger partial charge in [-0.2, -0.15) is 5.10 Å². The number of hydrogen-bond acceptors (Lipinski definition) is 7. The fourth-order valence-electron chi connectivity index (χ4n) is 4.13. The van der Waals surface area contributed by atoms with Crippen LogP contribution in [0.4, 0.5) is 5.82 Å². The van der Waals surface area contributed by atoms with Crippen LogP contribution in [0.2, 0.25) is 0 Å². The lowest BCUT2D eigenvalue weighted by molar-refractivity contribution is 0.291. The van der Waals surface area contributed by atoms with Crippen molar-refractivity contribution in [2.75, 3.05) is 18.4 Å². The van der Waals surface area contributed by atoms with Gasteiger partial charge in [0.1, 0.15) is 21.8 Å². The minimum absolute atomic E-state index is 0.0310. The van der Waals surface area contributed by atoms with E-state index in [2.05, 4.69) is 15.0 Å². The first-order chi connectivity index (χ1) is 16.0. The van der Waals surface area contributed by atoms with Crippen LogP contribution in [0.5, 0.6) is 11.5 Å². The summed E-state index contributed by atoms with van der Waals surface area (Å²) in [5.74, 6) is 0.970. The highest BCUT2D eigenvalue weighted by Crippen LogP contribution is 2.41. The molecule has 1 N–H and O–H groups in total. The quantitative estimate of drug-likeness (QED) is 0.440. The van der Waals surface area contributed by atoms with Gasteiger partial charge in [-0.05, 0) is 54.7 Å². The highest BCUT2D eigenvalue weighted by Gasteiger charge is 2.28. The molecule has 0 atom stereocenters. The minimum Gasteiger partial charge on any atom is -0.495 e. The van der Waals surface area contributed by atoms with Gasteiger partial charge in [-0.15, -0.1) is 0 Å². The van der Waals surface area contributed by atoms with Crippen LogP contribution >= 0.6 is 0 Å². The van der Waals surface area contributed by atoms with Crippen LogP contribution in [0.1, 0.15) is 30.0 Å². The van der Waals surface area contributed by atoms with E-state index >= 15 is 0 Å². The second-order valence-corrected chi connectivity index (χ2v) is 9.50. The number of nitrogens with zero attached hydrogens (tertiary/aromatic N) is 3. The number of aromatic nitrogens is 3.